The van der Waals surface area contributed by atoms with E-state index in [1.165, 1.54) is 6.92 Å². The zero-order valence-corrected chi connectivity index (χ0v) is 10.4. The molecule has 0 aliphatic rings. The number of hydrogen-bond acceptors (Lipinski definition) is 10. The van der Waals surface area contributed by atoms with Gasteiger partial charge < -0.3 is 4.74 Å². The number of carbonyl (C=O) groups is 1. The largest absolute Gasteiger partial charge is 0.723 e. The van der Waals surface area contributed by atoms with Crippen LogP contribution >= 0.6 is 0 Å². The number of rotatable bonds is 9. The molecular weight excluding hydrogens is 302 g/mol. The Bertz CT molecular complexity index is 441. The van der Waals surface area contributed by atoms with Crippen molar-refractivity contribution >= 4 is 5.97 Å². The molecule has 0 aromatic carbocycles. The molecule has 0 spiro atoms. The second-order valence-corrected chi connectivity index (χ2v) is 3.41. The van der Waals surface area contributed by atoms with Gasteiger partial charge in [0.25, 0.3) is 6.54 Å². The third kappa shape index (κ3) is 3.91. The van der Waals surface area contributed by atoms with Gasteiger partial charge in [-0.05, 0) is 6.92 Å². The van der Waals surface area contributed by atoms with Gasteiger partial charge in [0.1, 0.15) is 0 Å². The molecule has 0 radical (unpaired) electrons. The van der Waals surface area contributed by atoms with Gasteiger partial charge in [0, 0.05) is 0 Å². The first-order valence-electron chi connectivity index (χ1n) is 5.08. The van der Waals surface area contributed by atoms with Gasteiger partial charge in [-0.2, -0.15) is 0 Å². The van der Waals surface area contributed by atoms with E-state index in [0.717, 1.165) is 0 Å². The summed E-state index contributed by atoms with van der Waals surface area (Å²) in [5.41, 5.74) is 0. The molecule has 0 saturated carbocycles. The summed E-state index contributed by atoms with van der Waals surface area (Å²) < 4.78 is 4.32. The van der Waals surface area contributed by atoms with Gasteiger partial charge in [0.15, 0.2) is 26.3 Å². The van der Waals surface area contributed by atoms with E-state index in [4.69, 9.17) is 0 Å². The summed E-state index contributed by atoms with van der Waals surface area (Å²) in [5, 5.41) is 40.8. The summed E-state index contributed by atoms with van der Waals surface area (Å²) in [4.78, 5) is 48.0. The highest BCUT2D eigenvalue weighted by Crippen LogP contribution is 2.14. The first-order chi connectivity index (χ1) is 9.59. The van der Waals surface area contributed by atoms with Gasteiger partial charge in [0.05, 0.1) is 6.61 Å². The standard InChI is InChI=1S/C6H9N5O10/c1-2-21-5(12)3-7(11(19)20)4-6(8(13)14,9(15)16)10(17)18/h2-4H2,1H3. The summed E-state index contributed by atoms with van der Waals surface area (Å²) in [6.45, 7) is -1.89. The number of carbonyl (C=O) groups excluding carboxylic acids is 1. The molecule has 0 rings (SSSR count). The Morgan fingerprint density at radius 1 is 1.05 bits per heavy atom. The van der Waals surface area contributed by atoms with Crippen LogP contribution in [0.2, 0.25) is 0 Å². The van der Waals surface area contributed by atoms with Crippen molar-refractivity contribution in [1.82, 2.24) is 5.01 Å². The third-order valence-corrected chi connectivity index (χ3v) is 2.12. The lowest BCUT2D eigenvalue weighted by Gasteiger charge is -2.14. The van der Waals surface area contributed by atoms with Gasteiger partial charge in [-0.3, -0.25) is 30.3 Å². The molecule has 0 heterocycles. The molecule has 0 saturated heterocycles. The molecule has 0 unspecified atom stereocenters. The predicted octanol–water partition coefficient (Wildman–Crippen LogP) is -1.47. The molecular formula is C6H9N5O10. The fraction of sp³-hybridized carbons (Fsp3) is 0.833. The molecule has 0 aliphatic carbocycles. The lowest BCUT2D eigenvalue weighted by molar-refractivity contribution is -0.973. The van der Waals surface area contributed by atoms with E-state index < -0.39 is 44.6 Å². The molecule has 15 nitrogen and oxygen atoms in total. The van der Waals surface area contributed by atoms with Crippen LogP contribution in [0.5, 0.6) is 0 Å². The Morgan fingerprint density at radius 3 is 1.76 bits per heavy atom. The Balaban J connectivity index is 5.49. The van der Waals surface area contributed by atoms with E-state index in [1.54, 1.807) is 0 Å². The lowest BCUT2D eigenvalue weighted by atomic mass is 10.3. The van der Waals surface area contributed by atoms with Crippen LogP contribution < -0.4 is 0 Å². The number of hydrogen-bond donors (Lipinski definition) is 0. The zero-order chi connectivity index (χ0) is 16.8. The van der Waals surface area contributed by atoms with Crippen LogP contribution in [0.25, 0.3) is 0 Å². The summed E-state index contributed by atoms with van der Waals surface area (Å²) in [7, 11) is 0. The quantitative estimate of drug-likeness (QED) is 0.208. The number of esters is 1. The molecule has 118 valence electrons. The van der Waals surface area contributed by atoms with Crippen LogP contribution in [0.3, 0.4) is 0 Å². The number of hydrazine groups is 1. The van der Waals surface area contributed by atoms with Gasteiger partial charge in [-0.25, -0.2) is 14.9 Å². The molecule has 0 fully saturated rings. The van der Waals surface area contributed by atoms with Crippen molar-refractivity contribution in [3.05, 3.63) is 40.5 Å². The molecule has 0 atom stereocenters. The number of nitrogens with zero attached hydrogens (tertiary/aromatic N) is 5. The predicted molar refractivity (Wildman–Crippen MR) is 58.9 cm³/mol. The summed E-state index contributed by atoms with van der Waals surface area (Å²) in [6, 6.07) is 0. The minimum Gasteiger partial charge on any atom is -0.465 e. The molecule has 0 aromatic rings. The summed E-state index contributed by atoms with van der Waals surface area (Å²) >= 11 is 0. The average Bonchev–Trinajstić information content (AvgIpc) is 2.32. The zero-order valence-electron chi connectivity index (χ0n) is 10.4. The van der Waals surface area contributed by atoms with Crippen molar-refractivity contribution in [2.45, 2.75) is 12.7 Å². The van der Waals surface area contributed by atoms with E-state index in [9.17, 15) is 45.3 Å². The normalized spacial score (nSPS) is 10.5. The molecule has 0 N–H and O–H groups in total. The van der Waals surface area contributed by atoms with E-state index >= 15 is 0 Å². The first kappa shape index (κ1) is 17.9. The topological polar surface area (TPSA) is 202 Å². The highest BCUT2D eigenvalue weighted by molar-refractivity contribution is 5.71. The van der Waals surface area contributed by atoms with Gasteiger partial charge in [0.2, 0.25) is 0 Å². The molecule has 0 amide bonds. The maximum Gasteiger partial charge on any atom is 0.723 e. The van der Waals surface area contributed by atoms with E-state index in [1.807, 2.05) is 0 Å². The van der Waals surface area contributed by atoms with Crippen LogP contribution in [-0.2, 0) is 9.53 Å². The summed E-state index contributed by atoms with van der Waals surface area (Å²) in [5.74, 6) is -5.29. The van der Waals surface area contributed by atoms with E-state index in [2.05, 4.69) is 4.74 Å². The molecule has 15 heteroatoms. The van der Waals surface area contributed by atoms with Crippen LogP contribution in [0.1, 0.15) is 6.92 Å². The molecule has 0 bridgehead atoms. The molecule has 0 aromatic heterocycles. The van der Waals surface area contributed by atoms with E-state index in [-0.39, 0.29) is 11.6 Å². The smallest absolute Gasteiger partial charge is 0.465 e. The Kier molecular flexibility index (Phi) is 5.85. The number of nitro groups is 4. The van der Waals surface area contributed by atoms with Crippen molar-refractivity contribution < 1.29 is 29.3 Å². The minimum absolute atomic E-state index is 0.171. The van der Waals surface area contributed by atoms with Crippen molar-refractivity contribution in [3.8, 4) is 0 Å². The van der Waals surface area contributed by atoms with Crippen LogP contribution in [-0.4, -0.2) is 56.3 Å². The Morgan fingerprint density at radius 2 is 1.48 bits per heavy atom. The van der Waals surface area contributed by atoms with Crippen molar-refractivity contribution in [2.24, 2.45) is 0 Å². The Hall–Kier alpha value is -3.13. The van der Waals surface area contributed by atoms with Crippen molar-refractivity contribution in [2.75, 3.05) is 19.7 Å². The fourth-order valence-corrected chi connectivity index (χ4v) is 1.15. The van der Waals surface area contributed by atoms with Crippen LogP contribution in [0, 0.1) is 40.5 Å². The third-order valence-electron chi connectivity index (χ3n) is 2.12. The van der Waals surface area contributed by atoms with Crippen LogP contribution in [0.4, 0.5) is 0 Å². The molecule has 21 heavy (non-hydrogen) atoms. The second kappa shape index (κ2) is 6.87. The lowest BCUT2D eigenvalue weighted by Crippen LogP contribution is -2.61. The second-order valence-electron chi connectivity index (χ2n) is 3.41. The number of ether oxygens (including phenoxy) is 1. The maximum atomic E-state index is 11.1. The van der Waals surface area contributed by atoms with Crippen molar-refractivity contribution in [3.63, 3.8) is 0 Å². The average molecular weight is 311 g/mol. The molecule has 0 aliphatic heterocycles. The monoisotopic (exact) mass is 311 g/mol. The van der Waals surface area contributed by atoms with Crippen LogP contribution in [0.15, 0.2) is 0 Å². The van der Waals surface area contributed by atoms with Crippen molar-refractivity contribution in [1.29, 1.82) is 0 Å². The van der Waals surface area contributed by atoms with Gasteiger partial charge in [-0.1, -0.05) is 5.01 Å². The Labute approximate surface area is 114 Å². The SMILES string of the molecule is CCOC(=O)CN(CC([N+](=O)[O-])([N+](=O)[O-])[N+](=O)[O-])[N+](=O)[O-]. The van der Waals surface area contributed by atoms with Gasteiger partial charge in [-0.15, -0.1) is 0 Å². The first-order valence-corrected chi connectivity index (χ1v) is 5.08. The fourth-order valence-electron chi connectivity index (χ4n) is 1.15. The maximum absolute atomic E-state index is 11.1. The highest BCUT2D eigenvalue weighted by atomic mass is 16.7. The summed E-state index contributed by atoms with van der Waals surface area (Å²) in [6.07, 6.45) is 0. The van der Waals surface area contributed by atoms with E-state index in [0.29, 0.717) is 0 Å². The minimum atomic E-state index is -4.07. The van der Waals surface area contributed by atoms with Gasteiger partial charge >= 0.3 is 11.8 Å². The highest BCUT2D eigenvalue weighted by Gasteiger charge is 2.73.